The van der Waals surface area contributed by atoms with Gasteiger partial charge in [-0.2, -0.15) is 0 Å². The zero-order chi connectivity index (χ0) is 31.3. The molecule has 43 heavy (non-hydrogen) atoms. The molecule has 0 radical (unpaired) electrons. The van der Waals surface area contributed by atoms with Crippen LogP contribution in [0.15, 0.2) is 105 Å². The molecule has 4 aromatic carbocycles. The predicted octanol–water partition coefficient (Wildman–Crippen LogP) is 6.96. The van der Waals surface area contributed by atoms with Crippen molar-refractivity contribution in [1.29, 1.82) is 0 Å². The Morgan fingerprint density at radius 1 is 0.558 bits per heavy atom. The fourth-order valence-electron chi connectivity index (χ4n) is 4.30. The summed E-state index contributed by atoms with van der Waals surface area (Å²) in [5.74, 6) is -3.27. The lowest BCUT2D eigenvalue weighted by atomic mass is 9.90. The number of hydrogen-bond acceptors (Lipinski definition) is 8. The van der Waals surface area contributed by atoms with Crippen LogP contribution in [0.2, 0.25) is 0 Å². The number of rotatable bonds is 10. The molecule has 0 aliphatic rings. The zero-order valence-corrected chi connectivity index (χ0v) is 22.4. The third-order valence-corrected chi connectivity index (χ3v) is 6.08. The van der Waals surface area contributed by atoms with Gasteiger partial charge in [-0.3, -0.25) is 0 Å². The minimum absolute atomic E-state index is 0.00919. The molecule has 8 nitrogen and oxygen atoms in total. The van der Waals surface area contributed by atoms with Crippen LogP contribution in [-0.4, -0.2) is 23.9 Å². The van der Waals surface area contributed by atoms with E-state index in [-0.39, 0.29) is 50.3 Å². The van der Waals surface area contributed by atoms with E-state index >= 15 is 0 Å². The third kappa shape index (κ3) is 6.38. The summed E-state index contributed by atoms with van der Waals surface area (Å²) in [7, 11) is 0. The lowest BCUT2D eigenvalue weighted by Gasteiger charge is -2.18. The summed E-state index contributed by atoms with van der Waals surface area (Å²) >= 11 is 0. The summed E-state index contributed by atoms with van der Waals surface area (Å²) in [5, 5.41) is 1.07. The Kier molecular flexibility index (Phi) is 8.90. The number of hydrogen-bond donors (Lipinski definition) is 0. The first kappa shape index (κ1) is 30.1. The van der Waals surface area contributed by atoms with Crippen molar-refractivity contribution in [3.8, 4) is 34.1 Å². The van der Waals surface area contributed by atoms with E-state index in [9.17, 15) is 28.0 Å². The standard InChI is InChI=1S/C33H22F2O8/c1-5-28(36)40-18-10-12-21-23(15-18)32-22(20-11-9-19(41-29(37)6-2)16-24(20)33(34)35)13-14-26(42-30(38)7-3)25(32)17-27(21)43-31(39)8-4/h5-17,33H,1-4H2. The highest BCUT2D eigenvalue weighted by molar-refractivity contribution is 6.19. The van der Waals surface area contributed by atoms with Crippen molar-refractivity contribution in [3.63, 3.8) is 0 Å². The molecule has 4 aromatic rings. The Morgan fingerprint density at radius 2 is 1.07 bits per heavy atom. The Bertz CT molecular complexity index is 1860. The second kappa shape index (κ2) is 12.7. The largest absolute Gasteiger partial charge is 0.423 e. The number of benzene rings is 4. The van der Waals surface area contributed by atoms with Crippen LogP contribution in [0.25, 0.3) is 32.7 Å². The van der Waals surface area contributed by atoms with Crippen LogP contribution in [0.1, 0.15) is 12.0 Å². The van der Waals surface area contributed by atoms with Gasteiger partial charge in [-0.15, -0.1) is 0 Å². The predicted molar refractivity (Wildman–Crippen MR) is 155 cm³/mol. The summed E-state index contributed by atoms with van der Waals surface area (Å²) in [6.07, 6.45) is 0.727. The van der Waals surface area contributed by atoms with E-state index in [0.29, 0.717) is 5.39 Å². The molecule has 0 bridgehead atoms. The molecule has 0 atom stereocenters. The number of carbonyl (C=O) groups is 4. The molecule has 0 saturated carbocycles. The fourth-order valence-corrected chi connectivity index (χ4v) is 4.30. The monoisotopic (exact) mass is 584 g/mol. The lowest BCUT2D eigenvalue weighted by molar-refractivity contribution is -0.129. The number of halogens is 2. The Balaban J connectivity index is 2.14. The maximum Gasteiger partial charge on any atom is 0.335 e. The zero-order valence-electron chi connectivity index (χ0n) is 22.4. The van der Waals surface area contributed by atoms with Crippen LogP contribution in [0, 0.1) is 0 Å². The average molecular weight is 585 g/mol. The number of esters is 4. The molecule has 0 spiro atoms. The summed E-state index contributed by atoms with van der Waals surface area (Å²) in [6, 6.07) is 12.3. The van der Waals surface area contributed by atoms with Crippen molar-refractivity contribution in [2.75, 3.05) is 0 Å². The van der Waals surface area contributed by atoms with Crippen molar-refractivity contribution in [1.82, 2.24) is 0 Å². The first-order chi connectivity index (χ1) is 20.6. The van der Waals surface area contributed by atoms with Gasteiger partial charge >= 0.3 is 23.9 Å². The van der Waals surface area contributed by atoms with Crippen LogP contribution in [0.3, 0.4) is 0 Å². The van der Waals surface area contributed by atoms with Gasteiger partial charge in [-0.25, -0.2) is 28.0 Å². The van der Waals surface area contributed by atoms with Gasteiger partial charge in [0.2, 0.25) is 0 Å². The molecule has 0 saturated heterocycles. The number of ether oxygens (including phenoxy) is 4. The lowest BCUT2D eigenvalue weighted by Crippen LogP contribution is -2.07. The van der Waals surface area contributed by atoms with Crippen molar-refractivity contribution in [2.24, 2.45) is 0 Å². The van der Waals surface area contributed by atoms with Gasteiger partial charge in [0.05, 0.1) is 0 Å². The minimum atomic E-state index is -3.01. The van der Waals surface area contributed by atoms with Crippen molar-refractivity contribution < 1.29 is 46.9 Å². The first-order valence-electron chi connectivity index (χ1n) is 12.4. The molecule has 0 aromatic heterocycles. The summed E-state index contributed by atoms with van der Waals surface area (Å²) in [4.78, 5) is 48.1. The molecular formula is C33H22F2O8. The van der Waals surface area contributed by atoms with E-state index in [4.69, 9.17) is 18.9 Å². The molecule has 10 heteroatoms. The second-order valence-corrected chi connectivity index (χ2v) is 8.67. The minimum Gasteiger partial charge on any atom is -0.423 e. The van der Waals surface area contributed by atoms with Gasteiger partial charge in [0, 0.05) is 46.0 Å². The highest BCUT2D eigenvalue weighted by Crippen LogP contribution is 2.46. The maximum absolute atomic E-state index is 14.4. The average Bonchev–Trinajstić information content (AvgIpc) is 3.00. The normalized spacial score (nSPS) is 10.6. The first-order valence-corrected chi connectivity index (χ1v) is 12.4. The van der Waals surface area contributed by atoms with E-state index in [0.717, 1.165) is 30.4 Å². The van der Waals surface area contributed by atoms with Gasteiger partial charge < -0.3 is 18.9 Å². The van der Waals surface area contributed by atoms with Crippen molar-refractivity contribution in [3.05, 3.63) is 111 Å². The quantitative estimate of drug-likeness (QED) is 0.0853. The molecular weight excluding hydrogens is 562 g/mol. The Labute approximate surface area is 243 Å². The van der Waals surface area contributed by atoms with Gasteiger partial charge in [-0.1, -0.05) is 32.4 Å². The van der Waals surface area contributed by atoms with Gasteiger partial charge in [0.15, 0.2) is 0 Å². The van der Waals surface area contributed by atoms with Crippen molar-refractivity contribution >= 4 is 45.4 Å². The number of carbonyl (C=O) groups excluding carboxylic acids is 4. The summed E-state index contributed by atoms with van der Waals surface area (Å²) in [6.45, 7) is 13.5. The van der Waals surface area contributed by atoms with E-state index in [2.05, 4.69) is 26.3 Å². The topological polar surface area (TPSA) is 105 Å². The molecule has 216 valence electrons. The molecule has 0 unspecified atom stereocenters. The number of alkyl halides is 2. The van der Waals surface area contributed by atoms with E-state index in [1.54, 1.807) is 0 Å². The molecule has 0 amide bonds. The van der Waals surface area contributed by atoms with Crippen LogP contribution in [0.4, 0.5) is 8.78 Å². The summed E-state index contributed by atoms with van der Waals surface area (Å²) < 4.78 is 50.1. The second-order valence-electron chi connectivity index (χ2n) is 8.67. The van der Waals surface area contributed by atoms with Gasteiger partial charge in [-0.05, 0) is 65.0 Å². The van der Waals surface area contributed by atoms with Crippen LogP contribution in [0.5, 0.6) is 23.0 Å². The SMILES string of the molecule is C=CC(=O)Oc1ccc(-c2ccc(OC(=O)C=C)c3cc(OC(=O)C=C)c4ccc(OC(=O)C=C)cc4c23)c(C(F)F)c1. The maximum atomic E-state index is 14.4. The summed E-state index contributed by atoms with van der Waals surface area (Å²) in [5.41, 5.74) is -0.189. The molecule has 0 N–H and O–H groups in total. The molecule has 4 rings (SSSR count). The molecule has 0 heterocycles. The molecule has 0 aliphatic carbocycles. The highest BCUT2D eigenvalue weighted by atomic mass is 19.3. The van der Waals surface area contributed by atoms with Crippen molar-refractivity contribution in [2.45, 2.75) is 6.43 Å². The van der Waals surface area contributed by atoms with Gasteiger partial charge in [0.1, 0.15) is 23.0 Å². The highest BCUT2D eigenvalue weighted by Gasteiger charge is 2.23. The van der Waals surface area contributed by atoms with Crippen LogP contribution < -0.4 is 18.9 Å². The van der Waals surface area contributed by atoms with Crippen LogP contribution in [-0.2, 0) is 19.2 Å². The Hall–Kier alpha value is -5.90. The smallest absolute Gasteiger partial charge is 0.335 e. The van der Waals surface area contributed by atoms with E-state index in [1.807, 2.05) is 0 Å². The fraction of sp³-hybridized carbons (Fsp3) is 0.0303. The van der Waals surface area contributed by atoms with Crippen LogP contribution >= 0.6 is 0 Å². The van der Waals surface area contributed by atoms with Gasteiger partial charge in [0.25, 0.3) is 6.43 Å². The molecule has 0 fully saturated rings. The number of fused-ring (bicyclic) bond motifs is 3. The third-order valence-electron chi connectivity index (χ3n) is 6.08. The Morgan fingerprint density at radius 3 is 1.65 bits per heavy atom. The van der Waals surface area contributed by atoms with E-state index in [1.165, 1.54) is 48.5 Å². The molecule has 0 aliphatic heterocycles. The van der Waals surface area contributed by atoms with E-state index < -0.39 is 35.9 Å².